The standard InChI is InChI=1S/C17H15N3OS/c21-16-10-15(13-8-4-5-9-14(13)16)19-20-17(22)18-11-12-6-2-1-3-7-12/h1-9H,10-11H2,(H2,18,20,22)/b19-15-. The van der Waals surface area contributed by atoms with Crippen LogP contribution in [0.2, 0.25) is 0 Å². The normalized spacial score (nSPS) is 14.7. The van der Waals surface area contributed by atoms with Crippen molar-refractivity contribution in [3.63, 3.8) is 0 Å². The fourth-order valence-corrected chi connectivity index (χ4v) is 2.47. The molecule has 0 unspecified atom stereocenters. The lowest BCUT2D eigenvalue weighted by Crippen LogP contribution is -2.32. The molecular formula is C17H15N3OS. The van der Waals surface area contributed by atoms with Gasteiger partial charge in [0.1, 0.15) is 0 Å². The van der Waals surface area contributed by atoms with Crippen molar-refractivity contribution in [3.05, 3.63) is 71.3 Å². The average molecular weight is 309 g/mol. The van der Waals surface area contributed by atoms with Crippen LogP contribution in [0.5, 0.6) is 0 Å². The molecule has 1 aliphatic carbocycles. The van der Waals surface area contributed by atoms with E-state index < -0.39 is 0 Å². The van der Waals surface area contributed by atoms with Crippen LogP contribution in [-0.4, -0.2) is 16.6 Å². The van der Waals surface area contributed by atoms with Crippen LogP contribution in [-0.2, 0) is 6.54 Å². The predicted molar refractivity (Wildman–Crippen MR) is 90.9 cm³/mol. The largest absolute Gasteiger partial charge is 0.357 e. The predicted octanol–water partition coefficient (Wildman–Crippen LogP) is 2.64. The van der Waals surface area contributed by atoms with Gasteiger partial charge in [-0.05, 0) is 17.8 Å². The molecule has 0 aliphatic heterocycles. The molecule has 0 amide bonds. The van der Waals surface area contributed by atoms with E-state index in [0.29, 0.717) is 18.1 Å². The summed E-state index contributed by atoms with van der Waals surface area (Å²) in [7, 11) is 0. The Hall–Kier alpha value is -2.53. The molecule has 0 aromatic heterocycles. The topological polar surface area (TPSA) is 53.5 Å². The van der Waals surface area contributed by atoms with Gasteiger partial charge in [-0.3, -0.25) is 10.2 Å². The first-order valence-corrected chi connectivity index (χ1v) is 7.42. The van der Waals surface area contributed by atoms with E-state index in [1.54, 1.807) is 0 Å². The van der Waals surface area contributed by atoms with Crippen LogP contribution in [0.1, 0.15) is 27.9 Å². The highest BCUT2D eigenvalue weighted by atomic mass is 32.1. The molecule has 0 saturated heterocycles. The second-order valence-electron chi connectivity index (χ2n) is 4.98. The van der Waals surface area contributed by atoms with Gasteiger partial charge in [-0.25, -0.2) is 0 Å². The molecule has 1 aliphatic rings. The minimum absolute atomic E-state index is 0.0966. The van der Waals surface area contributed by atoms with Gasteiger partial charge in [0.2, 0.25) is 0 Å². The van der Waals surface area contributed by atoms with Crippen LogP contribution < -0.4 is 10.7 Å². The van der Waals surface area contributed by atoms with Gasteiger partial charge >= 0.3 is 0 Å². The molecule has 3 rings (SSSR count). The number of hydrogen-bond acceptors (Lipinski definition) is 3. The molecule has 2 N–H and O–H groups in total. The van der Waals surface area contributed by atoms with Crippen molar-refractivity contribution in [1.29, 1.82) is 0 Å². The van der Waals surface area contributed by atoms with Gasteiger partial charge < -0.3 is 5.32 Å². The number of fused-ring (bicyclic) bond motifs is 1. The SMILES string of the molecule is O=C1C/C(=N/NC(=S)NCc2ccccc2)c2ccccc21. The summed E-state index contributed by atoms with van der Waals surface area (Å²) in [5, 5.41) is 7.79. The Morgan fingerprint density at radius 2 is 1.73 bits per heavy atom. The number of hydrazone groups is 1. The number of ketones is 1. The van der Waals surface area contributed by atoms with Crippen LogP contribution in [0, 0.1) is 0 Å². The van der Waals surface area contributed by atoms with Crippen molar-refractivity contribution < 1.29 is 4.79 Å². The van der Waals surface area contributed by atoms with Crippen molar-refractivity contribution in [3.8, 4) is 0 Å². The van der Waals surface area contributed by atoms with Crippen LogP contribution in [0.4, 0.5) is 0 Å². The van der Waals surface area contributed by atoms with Gasteiger partial charge in [-0.1, -0.05) is 54.6 Å². The Kier molecular flexibility index (Phi) is 4.25. The Morgan fingerprint density at radius 1 is 1.05 bits per heavy atom. The summed E-state index contributed by atoms with van der Waals surface area (Å²) in [6.45, 7) is 0.632. The summed E-state index contributed by atoms with van der Waals surface area (Å²) in [6, 6.07) is 17.5. The minimum Gasteiger partial charge on any atom is -0.357 e. The molecular weight excluding hydrogens is 294 g/mol. The molecule has 0 spiro atoms. The van der Waals surface area contributed by atoms with Gasteiger partial charge in [-0.15, -0.1) is 0 Å². The summed E-state index contributed by atoms with van der Waals surface area (Å²) in [4.78, 5) is 11.9. The maximum atomic E-state index is 11.9. The van der Waals surface area contributed by atoms with E-state index in [1.807, 2.05) is 54.6 Å². The van der Waals surface area contributed by atoms with E-state index in [9.17, 15) is 4.79 Å². The molecule has 0 heterocycles. The molecule has 0 radical (unpaired) electrons. The molecule has 0 saturated carbocycles. The van der Waals surface area contributed by atoms with Crippen molar-refractivity contribution in [1.82, 2.24) is 10.7 Å². The van der Waals surface area contributed by atoms with Crippen LogP contribution in [0.25, 0.3) is 0 Å². The van der Waals surface area contributed by atoms with Crippen molar-refractivity contribution in [2.45, 2.75) is 13.0 Å². The van der Waals surface area contributed by atoms with Gasteiger partial charge in [0.15, 0.2) is 10.9 Å². The monoisotopic (exact) mass is 309 g/mol. The Morgan fingerprint density at radius 3 is 2.50 bits per heavy atom. The molecule has 0 fully saturated rings. The fraction of sp³-hybridized carbons (Fsp3) is 0.118. The number of Topliss-reactive ketones (excluding diaryl/α,β-unsaturated/α-hetero) is 1. The maximum absolute atomic E-state index is 11.9. The third-order valence-electron chi connectivity index (χ3n) is 3.45. The number of carbonyl (C=O) groups excluding carboxylic acids is 1. The Bertz CT molecular complexity index is 741. The number of carbonyl (C=O) groups is 1. The van der Waals surface area contributed by atoms with E-state index in [4.69, 9.17) is 12.2 Å². The summed E-state index contributed by atoms with van der Waals surface area (Å²) >= 11 is 5.20. The third kappa shape index (κ3) is 3.20. The smallest absolute Gasteiger partial charge is 0.187 e. The van der Waals surface area contributed by atoms with Crippen molar-refractivity contribution in [2.24, 2.45) is 5.10 Å². The number of hydrogen-bond donors (Lipinski definition) is 2. The highest BCUT2D eigenvalue weighted by Gasteiger charge is 2.24. The third-order valence-corrected chi connectivity index (χ3v) is 3.69. The first-order chi connectivity index (χ1) is 10.7. The zero-order chi connectivity index (χ0) is 15.4. The highest BCUT2D eigenvalue weighted by molar-refractivity contribution is 7.80. The number of benzene rings is 2. The molecule has 0 bridgehead atoms. The van der Waals surface area contributed by atoms with Gasteiger partial charge in [0.05, 0.1) is 12.1 Å². The molecule has 5 heteroatoms. The number of thiocarbonyl (C=S) groups is 1. The quantitative estimate of drug-likeness (QED) is 0.676. The number of nitrogens with zero attached hydrogens (tertiary/aromatic N) is 1. The van der Waals surface area contributed by atoms with E-state index in [0.717, 1.165) is 22.4 Å². The van der Waals surface area contributed by atoms with E-state index in [-0.39, 0.29) is 5.78 Å². The van der Waals surface area contributed by atoms with Crippen LogP contribution in [0.3, 0.4) is 0 Å². The van der Waals surface area contributed by atoms with E-state index in [1.165, 1.54) is 0 Å². The summed E-state index contributed by atoms with van der Waals surface area (Å²) in [5.41, 5.74) is 6.29. The number of nitrogens with one attached hydrogen (secondary N) is 2. The lowest BCUT2D eigenvalue weighted by atomic mass is 10.1. The molecule has 110 valence electrons. The second kappa shape index (κ2) is 6.49. The molecule has 22 heavy (non-hydrogen) atoms. The van der Waals surface area contributed by atoms with Crippen molar-refractivity contribution >= 4 is 28.8 Å². The van der Waals surface area contributed by atoms with E-state index >= 15 is 0 Å². The molecule has 4 nitrogen and oxygen atoms in total. The number of rotatable bonds is 3. The Labute approximate surface area is 134 Å². The lowest BCUT2D eigenvalue weighted by molar-refractivity contribution is 0.101. The molecule has 0 atom stereocenters. The average Bonchev–Trinajstić information content (AvgIpc) is 2.89. The van der Waals surface area contributed by atoms with Gasteiger partial charge in [0, 0.05) is 17.7 Å². The molecule has 2 aromatic carbocycles. The highest BCUT2D eigenvalue weighted by Crippen LogP contribution is 2.21. The van der Waals surface area contributed by atoms with Gasteiger partial charge in [-0.2, -0.15) is 5.10 Å². The van der Waals surface area contributed by atoms with Crippen LogP contribution in [0.15, 0.2) is 59.7 Å². The summed E-state index contributed by atoms with van der Waals surface area (Å²) < 4.78 is 0. The van der Waals surface area contributed by atoms with Crippen molar-refractivity contribution in [2.75, 3.05) is 0 Å². The first kappa shape index (κ1) is 14.4. The summed E-state index contributed by atoms with van der Waals surface area (Å²) in [6.07, 6.45) is 0.313. The minimum atomic E-state index is 0.0966. The lowest BCUT2D eigenvalue weighted by Gasteiger charge is -2.07. The Balaban J connectivity index is 1.60. The molecule has 2 aromatic rings. The van der Waals surface area contributed by atoms with E-state index in [2.05, 4.69) is 15.8 Å². The first-order valence-electron chi connectivity index (χ1n) is 7.01. The zero-order valence-electron chi connectivity index (χ0n) is 11.9. The summed E-state index contributed by atoms with van der Waals surface area (Å²) in [5.74, 6) is 0.0966. The zero-order valence-corrected chi connectivity index (χ0v) is 12.7. The van der Waals surface area contributed by atoms with Gasteiger partial charge in [0.25, 0.3) is 0 Å². The fourth-order valence-electron chi connectivity index (χ4n) is 2.36. The maximum Gasteiger partial charge on any atom is 0.187 e. The van der Waals surface area contributed by atoms with Crippen LogP contribution >= 0.6 is 12.2 Å². The second-order valence-corrected chi connectivity index (χ2v) is 5.39.